The smallest absolute Gasteiger partial charge is 0.243 e. The molecule has 0 radical (unpaired) electrons. The van der Waals surface area contributed by atoms with Crippen molar-refractivity contribution in [2.75, 3.05) is 12.4 Å². The number of rotatable bonds is 6. The van der Waals surface area contributed by atoms with Gasteiger partial charge in [-0.2, -0.15) is 5.10 Å². The third-order valence-corrected chi connectivity index (χ3v) is 3.53. The first kappa shape index (κ1) is 12.5. The van der Waals surface area contributed by atoms with Gasteiger partial charge in [-0.25, -0.2) is 13.1 Å². The van der Waals surface area contributed by atoms with E-state index in [0.29, 0.717) is 12.4 Å². The standard InChI is InChI=1S/C8H14ClN3O2S/c1-12-7-8(6-10-12)15(13,14)11-5-3-2-4-9/h6-7,11H,2-5H2,1H3. The van der Waals surface area contributed by atoms with Gasteiger partial charge in [-0.3, -0.25) is 4.68 Å². The Morgan fingerprint density at radius 3 is 2.80 bits per heavy atom. The lowest BCUT2D eigenvalue weighted by Gasteiger charge is -2.02. The van der Waals surface area contributed by atoms with Crippen LogP contribution < -0.4 is 4.72 Å². The number of halogens is 1. The molecule has 5 nitrogen and oxygen atoms in total. The Hall–Kier alpha value is -0.590. The first-order valence-electron chi connectivity index (χ1n) is 4.60. The summed E-state index contributed by atoms with van der Waals surface area (Å²) in [7, 11) is -1.72. The fraction of sp³-hybridized carbons (Fsp3) is 0.625. The van der Waals surface area contributed by atoms with E-state index in [0.717, 1.165) is 12.8 Å². The van der Waals surface area contributed by atoms with E-state index in [1.165, 1.54) is 17.1 Å². The molecule has 1 aromatic heterocycles. The van der Waals surface area contributed by atoms with Gasteiger partial charge in [-0.05, 0) is 12.8 Å². The lowest BCUT2D eigenvalue weighted by atomic mass is 10.3. The molecule has 0 aliphatic rings. The molecule has 0 bridgehead atoms. The Kier molecular flexibility index (Phi) is 4.56. The van der Waals surface area contributed by atoms with Gasteiger partial charge in [0.1, 0.15) is 4.90 Å². The number of alkyl halides is 1. The third kappa shape index (κ3) is 3.81. The lowest BCUT2D eigenvalue weighted by Crippen LogP contribution is -2.24. The predicted molar refractivity (Wildman–Crippen MR) is 58.4 cm³/mol. The van der Waals surface area contributed by atoms with Gasteiger partial charge in [-0.1, -0.05) is 0 Å². The van der Waals surface area contributed by atoms with E-state index in [9.17, 15) is 8.42 Å². The zero-order valence-corrected chi connectivity index (χ0v) is 10.1. The summed E-state index contributed by atoms with van der Waals surface area (Å²) in [5.41, 5.74) is 0. The van der Waals surface area contributed by atoms with Gasteiger partial charge in [0.2, 0.25) is 10.0 Å². The van der Waals surface area contributed by atoms with Gasteiger partial charge in [0, 0.05) is 25.7 Å². The second kappa shape index (κ2) is 5.48. The van der Waals surface area contributed by atoms with Crippen LogP contribution in [0.4, 0.5) is 0 Å². The molecule has 15 heavy (non-hydrogen) atoms. The number of nitrogens with zero attached hydrogens (tertiary/aromatic N) is 2. The van der Waals surface area contributed by atoms with Crippen LogP contribution in [0, 0.1) is 0 Å². The van der Waals surface area contributed by atoms with Gasteiger partial charge in [0.15, 0.2) is 0 Å². The molecular formula is C8H14ClN3O2S. The molecule has 0 saturated carbocycles. The highest BCUT2D eigenvalue weighted by Gasteiger charge is 2.14. The summed E-state index contributed by atoms with van der Waals surface area (Å²) >= 11 is 5.48. The van der Waals surface area contributed by atoms with E-state index in [4.69, 9.17) is 11.6 Å². The Labute approximate surface area is 94.5 Å². The summed E-state index contributed by atoms with van der Waals surface area (Å²) in [5, 5.41) is 3.80. The molecule has 7 heteroatoms. The molecule has 0 unspecified atom stereocenters. The van der Waals surface area contributed by atoms with Crippen molar-refractivity contribution in [1.82, 2.24) is 14.5 Å². The first-order valence-corrected chi connectivity index (χ1v) is 6.62. The van der Waals surface area contributed by atoms with Gasteiger partial charge < -0.3 is 0 Å². The first-order chi connectivity index (χ1) is 7.06. The van der Waals surface area contributed by atoms with Crippen LogP contribution in [0.25, 0.3) is 0 Å². The van der Waals surface area contributed by atoms with Crippen molar-refractivity contribution in [3.63, 3.8) is 0 Å². The van der Waals surface area contributed by atoms with Gasteiger partial charge in [-0.15, -0.1) is 11.6 Å². The van der Waals surface area contributed by atoms with E-state index >= 15 is 0 Å². The van der Waals surface area contributed by atoms with Crippen LogP contribution in [-0.4, -0.2) is 30.6 Å². The van der Waals surface area contributed by atoms with Crippen LogP contribution in [-0.2, 0) is 17.1 Å². The minimum atomic E-state index is -3.40. The number of unbranched alkanes of at least 4 members (excludes halogenated alkanes) is 1. The fourth-order valence-corrected chi connectivity index (χ4v) is 2.29. The zero-order valence-electron chi connectivity index (χ0n) is 8.48. The van der Waals surface area contributed by atoms with Crippen LogP contribution in [0.2, 0.25) is 0 Å². The van der Waals surface area contributed by atoms with Gasteiger partial charge in [0.05, 0.1) is 6.20 Å². The van der Waals surface area contributed by atoms with Crippen molar-refractivity contribution in [3.8, 4) is 0 Å². The monoisotopic (exact) mass is 251 g/mol. The molecule has 1 aromatic rings. The number of aryl methyl sites for hydroxylation is 1. The number of nitrogens with one attached hydrogen (secondary N) is 1. The molecule has 0 aliphatic heterocycles. The van der Waals surface area contributed by atoms with E-state index in [1.807, 2.05) is 0 Å². The maximum absolute atomic E-state index is 11.6. The molecule has 1 heterocycles. The number of hydrogen-bond donors (Lipinski definition) is 1. The van der Waals surface area contributed by atoms with Crippen LogP contribution in [0.1, 0.15) is 12.8 Å². The lowest BCUT2D eigenvalue weighted by molar-refractivity contribution is 0.578. The van der Waals surface area contributed by atoms with Crippen molar-refractivity contribution >= 4 is 21.6 Å². The highest BCUT2D eigenvalue weighted by Crippen LogP contribution is 2.05. The van der Waals surface area contributed by atoms with E-state index in [2.05, 4.69) is 9.82 Å². The Morgan fingerprint density at radius 2 is 2.27 bits per heavy atom. The molecular weight excluding hydrogens is 238 g/mol. The summed E-state index contributed by atoms with van der Waals surface area (Å²) in [4.78, 5) is 0.191. The summed E-state index contributed by atoms with van der Waals surface area (Å²) in [6.45, 7) is 0.407. The molecule has 86 valence electrons. The van der Waals surface area contributed by atoms with Gasteiger partial charge >= 0.3 is 0 Å². The SMILES string of the molecule is Cn1cc(S(=O)(=O)NCCCCCl)cn1. The van der Waals surface area contributed by atoms with Crippen molar-refractivity contribution < 1.29 is 8.42 Å². The van der Waals surface area contributed by atoms with Crippen molar-refractivity contribution in [2.45, 2.75) is 17.7 Å². The largest absolute Gasteiger partial charge is 0.274 e. The predicted octanol–water partition coefficient (Wildman–Crippen LogP) is 0.717. The molecule has 0 aromatic carbocycles. The highest BCUT2D eigenvalue weighted by atomic mass is 35.5. The molecule has 1 rings (SSSR count). The molecule has 0 spiro atoms. The minimum Gasteiger partial charge on any atom is -0.274 e. The normalized spacial score (nSPS) is 11.9. The van der Waals surface area contributed by atoms with Gasteiger partial charge in [0.25, 0.3) is 0 Å². The highest BCUT2D eigenvalue weighted by molar-refractivity contribution is 7.89. The Balaban J connectivity index is 2.53. The average Bonchev–Trinajstić information content (AvgIpc) is 2.60. The maximum atomic E-state index is 11.6. The topological polar surface area (TPSA) is 64.0 Å². The molecule has 0 aliphatic carbocycles. The van der Waals surface area contributed by atoms with E-state index in [1.54, 1.807) is 7.05 Å². The maximum Gasteiger partial charge on any atom is 0.243 e. The van der Waals surface area contributed by atoms with Crippen LogP contribution in [0.5, 0.6) is 0 Å². The van der Waals surface area contributed by atoms with E-state index < -0.39 is 10.0 Å². The summed E-state index contributed by atoms with van der Waals surface area (Å²) in [5.74, 6) is 0.550. The molecule has 0 amide bonds. The third-order valence-electron chi connectivity index (χ3n) is 1.84. The van der Waals surface area contributed by atoms with Crippen LogP contribution in [0.3, 0.4) is 0 Å². The molecule has 0 atom stereocenters. The second-order valence-electron chi connectivity index (χ2n) is 3.14. The summed E-state index contributed by atoms with van der Waals surface area (Å²) in [6, 6.07) is 0. The van der Waals surface area contributed by atoms with E-state index in [-0.39, 0.29) is 4.90 Å². The minimum absolute atomic E-state index is 0.191. The van der Waals surface area contributed by atoms with Crippen LogP contribution in [0.15, 0.2) is 17.3 Å². The van der Waals surface area contributed by atoms with Crippen molar-refractivity contribution in [1.29, 1.82) is 0 Å². The number of aromatic nitrogens is 2. The number of hydrogen-bond acceptors (Lipinski definition) is 3. The quantitative estimate of drug-likeness (QED) is 0.599. The molecule has 0 fully saturated rings. The Morgan fingerprint density at radius 1 is 1.53 bits per heavy atom. The summed E-state index contributed by atoms with van der Waals surface area (Å²) in [6.07, 6.45) is 4.33. The van der Waals surface area contributed by atoms with Crippen LogP contribution >= 0.6 is 11.6 Å². The zero-order chi connectivity index (χ0) is 11.3. The fourth-order valence-electron chi connectivity index (χ4n) is 1.05. The average molecular weight is 252 g/mol. The number of sulfonamides is 1. The Bertz CT molecular complexity index is 402. The molecule has 0 saturated heterocycles. The van der Waals surface area contributed by atoms with Crippen molar-refractivity contribution in [3.05, 3.63) is 12.4 Å². The summed E-state index contributed by atoms with van der Waals surface area (Å²) < 4.78 is 27.2. The second-order valence-corrected chi connectivity index (χ2v) is 5.29. The molecule has 1 N–H and O–H groups in total. The van der Waals surface area contributed by atoms with Crippen molar-refractivity contribution in [2.24, 2.45) is 7.05 Å².